The Bertz CT molecular complexity index is 1780. The molecule has 4 aromatic carbocycles. The van der Waals surface area contributed by atoms with Gasteiger partial charge in [-0.1, -0.05) is 42.8 Å². The van der Waals surface area contributed by atoms with Crippen LogP contribution in [0.25, 0.3) is 6.08 Å². The molecule has 12 heteroatoms. The van der Waals surface area contributed by atoms with Gasteiger partial charge in [0.05, 0.1) is 23.0 Å². The number of rotatable bonds is 12. The third-order valence-corrected chi connectivity index (χ3v) is 8.48. The zero-order valence-corrected chi connectivity index (χ0v) is 26.8. The van der Waals surface area contributed by atoms with Gasteiger partial charge in [-0.25, -0.2) is 0 Å². The molecule has 0 aliphatic heterocycles. The molecule has 4 rings (SSSR count). The van der Waals surface area contributed by atoms with E-state index in [1.165, 1.54) is 49.2 Å². The lowest BCUT2D eigenvalue weighted by Crippen LogP contribution is -2.30. The fourth-order valence-electron chi connectivity index (χ4n) is 4.28. The van der Waals surface area contributed by atoms with Crippen LogP contribution in [0.3, 0.4) is 0 Å². The third kappa shape index (κ3) is 8.96. The number of nitro benzene ring substituents is 1. The monoisotopic (exact) mass is 658 g/mol. The van der Waals surface area contributed by atoms with E-state index in [4.69, 9.17) is 16.3 Å². The largest absolute Gasteiger partial charge is 0.495 e. The Labute approximate surface area is 275 Å². The summed E-state index contributed by atoms with van der Waals surface area (Å²) in [5.41, 5.74) is 2.38. The molecule has 0 bridgehead atoms. The molecule has 0 saturated carbocycles. The first kappa shape index (κ1) is 33.8. The summed E-state index contributed by atoms with van der Waals surface area (Å²) in [5, 5.41) is 19.5. The Morgan fingerprint density at radius 3 is 2.35 bits per heavy atom. The van der Waals surface area contributed by atoms with Crippen LogP contribution in [0, 0.1) is 17.0 Å². The number of amides is 3. The summed E-state index contributed by atoms with van der Waals surface area (Å²) >= 11 is 7.54. The minimum absolute atomic E-state index is 0.0706. The minimum Gasteiger partial charge on any atom is -0.495 e. The van der Waals surface area contributed by atoms with Crippen molar-refractivity contribution in [3.05, 3.63) is 129 Å². The Hall–Kier alpha value is -5.13. The Kier molecular flexibility index (Phi) is 11.5. The number of ether oxygens (including phenoxy) is 1. The second-order valence-electron chi connectivity index (χ2n) is 10.0. The molecule has 1 unspecified atom stereocenters. The summed E-state index contributed by atoms with van der Waals surface area (Å²) in [6, 6.07) is 24.4. The van der Waals surface area contributed by atoms with Crippen LogP contribution >= 0.6 is 23.4 Å². The molecular weight excluding hydrogens is 628 g/mol. The van der Waals surface area contributed by atoms with Crippen molar-refractivity contribution in [2.24, 2.45) is 0 Å². The summed E-state index contributed by atoms with van der Waals surface area (Å²) in [6.07, 6.45) is 1.96. The van der Waals surface area contributed by atoms with Gasteiger partial charge in [-0.3, -0.25) is 24.5 Å². The van der Waals surface area contributed by atoms with Gasteiger partial charge in [-0.15, -0.1) is 11.8 Å². The molecule has 0 radical (unpaired) electrons. The van der Waals surface area contributed by atoms with Gasteiger partial charge in [-0.2, -0.15) is 0 Å². The summed E-state index contributed by atoms with van der Waals surface area (Å²) in [7, 11) is 1.50. The molecule has 0 aliphatic carbocycles. The number of hydrogen-bond donors (Lipinski definition) is 3. The first-order valence-corrected chi connectivity index (χ1v) is 15.4. The van der Waals surface area contributed by atoms with Crippen molar-refractivity contribution in [1.82, 2.24) is 5.32 Å². The van der Waals surface area contributed by atoms with Crippen LogP contribution in [0.15, 0.2) is 102 Å². The van der Waals surface area contributed by atoms with Crippen LogP contribution in [-0.2, 0) is 9.59 Å². The van der Waals surface area contributed by atoms with E-state index < -0.39 is 22.0 Å². The summed E-state index contributed by atoms with van der Waals surface area (Å²) in [5.74, 6) is -0.887. The van der Waals surface area contributed by atoms with Crippen LogP contribution in [-0.4, -0.2) is 35.0 Å². The molecule has 3 amide bonds. The van der Waals surface area contributed by atoms with E-state index in [0.29, 0.717) is 39.7 Å². The van der Waals surface area contributed by atoms with Crippen molar-refractivity contribution in [3.8, 4) is 5.75 Å². The number of non-ortho nitro benzene ring substituents is 1. The van der Waals surface area contributed by atoms with Crippen molar-refractivity contribution in [3.63, 3.8) is 0 Å². The highest BCUT2D eigenvalue weighted by atomic mass is 35.5. The number of anilines is 2. The van der Waals surface area contributed by atoms with Crippen molar-refractivity contribution in [1.29, 1.82) is 0 Å². The number of thioether (sulfide) groups is 1. The van der Waals surface area contributed by atoms with Gasteiger partial charge in [0.2, 0.25) is 5.91 Å². The molecule has 4 aromatic rings. The highest BCUT2D eigenvalue weighted by Gasteiger charge is 2.21. The summed E-state index contributed by atoms with van der Waals surface area (Å²) < 4.78 is 5.38. The van der Waals surface area contributed by atoms with E-state index in [-0.39, 0.29) is 17.3 Å². The molecule has 0 saturated heterocycles. The van der Waals surface area contributed by atoms with Gasteiger partial charge in [0.25, 0.3) is 17.5 Å². The molecule has 3 N–H and O–H groups in total. The SMILES string of the molecule is CCC(Sc1cccc(NC(=O)/C(=C\c2ccc([N+](=O)[O-])cc2)NC(=O)c2ccccc2)c1)C(=O)Nc1cc(C)c(Cl)cc1OC. The molecular formula is C34H31ClN4O6S. The maximum Gasteiger partial charge on any atom is 0.272 e. The Balaban J connectivity index is 1.52. The number of halogens is 1. The minimum atomic E-state index is -0.611. The predicted octanol–water partition coefficient (Wildman–Crippen LogP) is 7.48. The quantitative estimate of drug-likeness (QED) is 0.0620. The van der Waals surface area contributed by atoms with E-state index in [0.717, 1.165) is 10.5 Å². The number of benzene rings is 4. The van der Waals surface area contributed by atoms with Crippen molar-refractivity contribution >= 4 is 64.2 Å². The van der Waals surface area contributed by atoms with Crippen LogP contribution in [0.2, 0.25) is 5.02 Å². The normalized spacial score (nSPS) is 11.7. The third-order valence-electron chi connectivity index (χ3n) is 6.72. The first-order chi connectivity index (χ1) is 22.1. The Morgan fingerprint density at radius 2 is 1.70 bits per heavy atom. The summed E-state index contributed by atoms with van der Waals surface area (Å²) in [6.45, 7) is 3.74. The maximum atomic E-state index is 13.5. The topological polar surface area (TPSA) is 140 Å². The number of methoxy groups -OCH3 is 1. The maximum absolute atomic E-state index is 13.5. The van der Waals surface area contributed by atoms with Gasteiger partial charge in [-0.05, 0) is 79.1 Å². The van der Waals surface area contributed by atoms with Crippen molar-refractivity contribution < 1.29 is 24.0 Å². The number of nitrogens with zero attached hydrogens (tertiary/aromatic N) is 1. The molecule has 1 atom stereocenters. The fraction of sp³-hybridized carbons (Fsp3) is 0.147. The van der Waals surface area contributed by atoms with Gasteiger partial charge < -0.3 is 20.7 Å². The molecule has 0 spiro atoms. The average molecular weight is 659 g/mol. The second-order valence-corrected chi connectivity index (χ2v) is 11.7. The van der Waals surface area contributed by atoms with Gasteiger partial charge in [0.1, 0.15) is 11.4 Å². The Morgan fingerprint density at radius 1 is 0.978 bits per heavy atom. The van der Waals surface area contributed by atoms with E-state index in [9.17, 15) is 24.5 Å². The van der Waals surface area contributed by atoms with E-state index in [1.807, 2.05) is 19.9 Å². The highest BCUT2D eigenvalue weighted by Crippen LogP contribution is 2.33. The molecule has 0 aromatic heterocycles. The predicted molar refractivity (Wildman–Crippen MR) is 181 cm³/mol. The number of carbonyl (C=O) groups is 3. The van der Waals surface area contributed by atoms with Crippen LogP contribution in [0.1, 0.15) is 34.8 Å². The number of carbonyl (C=O) groups excluding carboxylic acids is 3. The molecule has 10 nitrogen and oxygen atoms in total. The molecule has 46 heavy (non-hydrogen) atoms. The van der Waals surface area contributed by atoms with Crippen molar-refractivity contribution in [2.45, 2.75) is 30.4 Å². The van der Waals surface area contributed by atoms with Crippen LogP contribution < -0.4 is 20.7 Å². The van der Waals surface area contributed by atoms with Gasteiger partial charge >= 0.3 is 0 Å². The molecule has 0 fully saturated rings. The van der Waals surface area contributed by atoms with Gasteiger partial charge in [0, 0.05) is 39.4 Å². The average Bonchev–Trinajstić information content (AvgIpc) is 3.05. The lowest BCUT2D eigenvalue weighted by atomic mass is 10.1. The lowest BCUT2D eigenvalue weighted by molar-refractivity contribution is -0.384. The number of nitrogens with one attached hydrogen (secondary N) is 3. The zero-order chi connectivity index (χ0) is 33.2. The second kappa shape index (κ2) is 15.7. The summed E-state index contributed by atoms with van der Waals surface area (Å²) in [4.78, 5) is 50.9. The van der Waals surface area contributed by atoms with Crippen LogP contribution in [0.4, 0.5) is 17.1 Å². The number of nitro groups is 1. The van der Waals surface area contributed by atoms with Crippen molar-refractivity contribution in [2.75, 3.05) is 17.7 Å². The fourth-order valence-corrected chi connectivity index (χ4v) is 5.44. The van der Waals surface area contributed by atoms with E-state index in [2.05, 4.69) is 16.0 Å². The van der Waals surface area contributed by atoms with E-state index >= 15 is 0 Å². The smallest absolute Gasteiger partial charge is 0.272 e. The first-order valence-electron chi connectivity index (χ1n) is 14.1. The van der Waals surface area contributed by atoms with Crippen LogP contribution in [0.5, 0.6) is 5.75 Å². The number of aryl methyl sites for hydroxylation is 1. The standard InChI is InChI=1S/C34H31ClN4O6S/c1-4-31(34(42)37-28-17-21(2)27(35)20-30(28)45-3)46-26-12-8-11-24(19-26)36-33(41)29(38-32(40)23-9-6-5-7-10-23)18-22-13-15-25(16-14-22)39(43)44/h5-20,31H,4H2,1-3H3,(H,36,41)(H,37,42)(H,38,40)/b29-18+. The van der Waals surface area contributed by atoms with Gasteiger partial charge in [0.15, 0.2) is 0 Å². The lowest BCUT2D eigenvalue weighted by Gasteiger charge is -2.18. The highest BCUT2D eigenvalue weighted by molar-refractivity contribution is 8.00. The molecule has 0 heterocycles. The zero-order valence-electron chi connectivity index (χ0n) is 25.2. The number of hydrogen-bond acceptors (Lipinski definition) is 7. The van der Waals surface area contributed by atoms with E-state index in [1.54, 1.807) is 60.7 Å². The molecule has 0 aliphatic rings. The molecule has 236 valence electrons.